The molecule has 17 heavy (non-hydrogen) atoms. The number of amides is 1. The number of hydrogen-bond donors (Lipinski definition) is 1. The Hall–Kier alpha value is -1.59. The highest BCUT2D eigenvalue weighted by Gasteiger charge is 2.73. The molecular formula is C11H9F4NO. The molecule has 1 aromatic carbocycles. The van der Waals surface area contributed by atoms with E-state index in [1.54, 1.807) is 19.1 Å². The van der Waals surface area contributed by atoms with Gasteiger partial charge in [0.1, 0.15) is 6.04 Å². The smallest absolute Gasteiger partial charge is 0.342 e. The molecule has 1 fully saturated rings. The minimum Gasteiger partial charge on any atom is -0.342 e. The van der Waals surface area contributed by atoms with Crippen molar-refractivity contribution in [2.75, 3.05) is 0 Å². The second kappa shape index (κ2) is 3.45. The van der Waals surface area contributed by atoms with Gasteiger partial charge in [-0.2, -0.15) is 13.2 Å². The van der Waals surface area contributed by atoms with Crippen LogP contribution in [0.2, 0.25) is 0 Å². The Morgan fingerprint density at radius 1 is 1.24 bits per heavy atom. The van der Waals surface area contributed by atoms with Gasteiger partial charge in [0.05, 0.1) is 0 Å². The Morgan fingerprint density at radius 3 is 2.18 bits per heavy atom. The molecule has 2 nitrogen and oxygen atoms in total. The maximum absolute atomic E-state index is 13.7. The monoisotopic (exact) mass is 247 g/mol. The Morgan fingerprint density at radius 2 is 1.76 bits per heavy atom. The summed E-state index contributed by atoms with van der Waals surface area (Å²) in [5.41, 5.74) is -2.87. The van der Waals surface area contributed by atoms with Crippen molar-refractivity contribution in [2.24, 2.45) is 0 Å². The van der Waals surface area contributed by atoms with Crippen molar-refractivity contribution in [3.63, 3.8) is 0 Å². The summed E-state index contributed by atoms with van der Waals surface area (Å²) in [6.45, 7) is 1.76. The fraction of sp³-hybridized carbons (Fsp3) is 0.364. The van der Waals surface area contributed by atoms with Crippen LogP contribution in [0.5, 0.6) is 0 Å². The van der Waals surface area contributed by atoms with Gasteiger partial charge in [0.25, 0.3) is 5.91 Å². The second-order valence-corrected chi connectivity index (χ2v) is 4.03. The maximum Gasteiger partial charge on any atom is 0.434 e. The minimum absolute atomic E-state index is 0.107. The number of benzene rings is 1. The average Bonchev–Trinajstić information content (AvgIpc) is 2.25. The fourth-order valence-electron chi connectivity index (χ4n) is 1.75. The molecule has 1 N–H and O–H groups in total. The zero-order chi connectivity index (χ0) is 12.8. The summed E-state index contributed by atoms with van der Waals surface area (Å²) in [7, 11) is 0. The molecule has 1 aromatic rings. The van der Waals surface area contributed by atoms with Crippen molar-refractivity contribution < 1.29 is 22.4 Å². The van der Waals surface area contributed by atoms with Crippen LogP contribution in [0.15, 0.2) is 24.3 Å². The van der Waals surface area contributed by atoms with E-state index in [-0.39, 0.29) is 5.56 Å². The third-order valence-electron chi connectivity index (χ3n) is 2.83. The van der Waals surface area contributed by atoms with E-state index in [0.29, 0.717) is 0 Å². The topological polar surface area (TPSA) is 29.1 Å². The van der Waals surface area contributed by atoms with E-state index in [0.717, 1.165) is 5.56 Å². The highest BCUT2D eigenvalue weighted by atomic mass is 19.4. The molecule has 1 saturated heterocycles. The standard InChI is InChI=1S/C11H9F4NO/c1-6-2-4-7(5-3-6)8-10(12,9(17)16-8)11(13,14)15/h2-5,8H,1H3,(H,16,17). The summed E-state index contributed by atoms with van der Waals surface area (Å²) < 4.78 is 51.3. The molecule has 92 valence electrons. The van der Waals surface area contributed by atoms with E-state index in [2.05, 4.69) is 0 Å². The minimum atomic E-state index is -5.20. The number of alkyl halides is 4. The first-order chi connectivity index (χ1) is 7.76. The largest absolute Gasteiger partial charge is 0.434 e. The average molecular weight is 247 g/mol. The van der Waals surface area contributed by atoms with E-state index in [9.17, 15) is 22.4 Å². The van der Waals surface area contributed by atoms with E-state index >= 15 is 0 Å². The number of hydrogen-bond acceptors (Lipinski definition) is 1. The number of carbonyl (C=O) groups is 1. The van der Waals surface area contributed by atoms with Crippen LogP contribution >= 0.6 is 0 Å². The first-order valence-corrected chi connectivity index (χ1v) is 4.90. The second-order valence-electron chi connectivity index (χ2n) is 4.03. The zero-order valence-corrected chi connectivity index (χ0v) is 8.81. The normalized spacial score (nSPS) is 28.5. The summed E-state index contributed by atoms with van der Waals surface area (Å²) in [5.74, 6) is -1.63. The van der Waals surface area contributed by atoms with E-state index < -0.39 is 23.8 Å². The molecule has 0 spiro atoms. The van der Waals surface area contributed by atoms with Crippen LogP contribution in [0, 0.1) is 6.92 Å². The fourth-order valence-corrected chi connectivity index (χ4v) is 1.75. The Balaban J connectivity index is 2.36. The van der Waals surface area contributed by atoms with Gasteiger partial charge in [-0.15, -0.1) is 0 Å². The quantitative estimate of drug-likeness (QED) is 0.599. The molecule has 0 aliphatic carbocycles. The highest BCUT2D eigenvalue weighted by Crippen LogP contribution is 2.48. The number of nitrogens with one attached hydrogen (secondary N) is 1. The van der Waals surface area contributed by atoms with Crippen LogP contribution in [-0.4, -0.2) is 17.8 Å². The van der Waals surface area contributed by atoms with Crippen LogP contribution in [0.3, 0.4) is 0 Å². The van der Waals surface area contributed by atoms with E-state index in [4.69, 9.17) is 0 Å². The SMILES string of the molecule is Cc1ccc(C2NC(=O)C2(F)C(F)(F)F)cc1. The van der Waals surface area contributed by atoms with Crippen molar-refractivity contribution in [3.8, 4) is 0 Å². The molecule has 2 unspecified atom stereocenters. The van der Waals surface area contributed by atoms with Gasteiger partial charge in [-0.25, -0.2) is 4.39 Å². The number of aryl methyl sites for hydroxylation is 1. The first kappa shape index (κ1) is 11.9. The van der Waals surface area contributed by atoms with Crippen molar-refractivity contribution >= 4 is 5.91 Å². The van der Waals surface area contributed by atoms with Gasteiger partial charge in [0, 0.05) is 0 Å². The van der Waals surface area contributed by atoms with Crippen LogP contribution in [0.4, 0.5) is 17.6 Å². The lowest BCUT2D eigenvalue weighted by atomic mass is 9.81. The zero-order valence-electron chi connectivity index (χ0n) is 8.81. The third kappa shape index (κ3) is 1.59. The van der Waals surface area contributed by atoms with Gasteiger partial charge in [0.2, 0.25) is 0 Å². The van der Waals surface area contributed by atoms with Crippen LogP contribution < -0.4 is 5.32 Å². The van der Waals surface area contributed by atoms with Crippen LogP contribution in [0.25, 0.3) is 0 Å². The molecule has 1 aliphatic heterocycles. The lowest BCUT2D eigenvalue weighted by molar-refractivity contribution is -0.253. The highest BCUT2D eigenvalue weighted by molar-refractivity contribution is 5.94. The summed E-state index contributed by atoms with van der Waals surface area (Å²) in [5, 5.41) is 1.94. The van der Waals surface area contributed by atoms with Gasteiger partial charge < -0.3 is 5.32 Å². The maximum atomic E-state index is 13.7. The van der Waals surface area contributed by atoms with Gasteiger partial charge in [-0.05, 0) is 12.5 Å². The molecule has 0 saturated carbocycles. The van der Waals surface area contributed by atoms with E-state index in [1.807, 2.05) is 5.32 Å². The molecule has 1 aliphatic rings. The number of carbonyl (C=O) groups excluding carboxylic acids is 1. The summed E-state index contributed by atoms with van der Waals surface area (Å²) in [4.78, 5) is 10.8. The summed E-state index contributed by atoms with van der Waals surface area (Å²) >= 11 is 0. The molecule has 2 rings (SSSR count). The lowest BCUT2D eigenvalue weighted by Gasteiger charge is -2.43. The number of β-lactam (4-membered cyclic amide) rings is 1. The molecule has 1 heterocycles. The Labute approximate surface area is 94.6 Å². The van der Waals surface area contributed by atoms with Gasteiger partial charge in [0.15, 0.2) is 0 Å². The predicted molar refractivity (Wildman–Crippen MR) is 52.0 cm³/mol. The van der Waals surface area contributed by atoms with Crippen molar-refractivity contribution in [1.29, 1.82) is 0 Å². The number of halogens is 4. The first-order valence-electron chi connectivity index (χ1n) is 4.90. The van der Waals surface area contributed by atoms with Gasteiger partial charge >= 0.3 is 11.8 Å². The Kier molecular flexibility index (Phi) is 2.41. The van der Waals surface area contributed by atoms with Crippen molar-refractivity contribution in [3.05, 3.63) is 35.4 Å². The molecule has 0 radical (unpaired) electrons. The summed E-state index contributed by atoms with van der Waals surface area (Å²) in [6.07, 6.45) is -5.20. The third-order valence-corrected chi connectivity index (χ3v) is 2.83. The summed E-state index contributed by atoms with van der Waals surface area (Å²) in [6, 6.07) is 4.22. The van der Waals surface area contributed by atoms with Crippen molar-refractivity contribution in [1.82, 2.24) is 5.32 Å². The molecular weight excluding hydrogens is 238 g/mol. The van der Waals surface area contributed by atoms with E-state index in [1.165, 1.54) is 12.1 Å². The van der Waals surface area contributed by atoms with Crippen LogP contribution in [0.1, 0.15) is 17.2 Å². The Bertz CT molecular complexity index is 454. The van der Waals surface area contributed by atoms with Gasteiger partial charge in [-0.1, -0.05) is 29.8 Å². The molecule has 0 aromatic heterocycles. The number of rotatable bonds is 1. The van der Waals surface area contributed by atoms with Gasteiger partial charge in [-0.3, -0.25) is 4.79 Å². The lowest BCUT2D eigenvalue weighted by Crippen LogP contribution is -2.70. The molecule has 2 atom stereocenters. The van der Waals surface area contributed by atoms with Crippen LogP contribution in [-0.2, 0) is 4.79 Å². The molecule has 1 amide bonds. The molecule has 6 heteroatoms. The van der Waals surface area contributed by atoms with Crippen molar-refractivity contribution in [2.45, 2.75) is 24.8 Å². The predicted octanol–water partition coefficient (Wildman–Crippen LogP) is 2.44. The molecule has 0 bridgehead atoms.